The molecule has 0 aliphatic rings. The molecule has 0 aliphatic carbocycles. The first kappa shape index (κ1) is 18.3. The van der Waals surface area contributed by atoms with Crippen molar-refractivity contribution in [2.24, 2.45) is 4.52 Å². The fraction of sp³-hybridized carbons (Fsp3) is 1.00. The maximum atomic E-state index is 8.57. The Morgan fingerprint density at radius 1 is 0.778 bits per heavy atom. The van der Waals surface area contributed by atoms with Crippen molar-refractivity contribution in [2.45, 2.75) is 0 Å². The summed E-state index contributed by atoms with van der Waals surface area (Å²) in [6, 6.07) is 0. The number of rotatable bonds is 6. The molecule has 0 amide bonds. The molecule has 0 rings (SSSR count). The van der Waals surface area contributed by atoms with Crippen LogP contribution < -0.4 is 5.09 Å². The van der Waals surface area contributed by atoms with Crippen LogP contribution in [-0.4, -0.2) is 82.1 Å². The van der Waals surface area contributed by atoms with Gasteiger partial charge in [-0.1, -0.05) is 0 Å². The highest BCUT2D eigenvalue weighted by atomic mass is 31.2. The van der Waals surface area contributed by atoms with E-state index in [4.69, 9.17) is 9.68 Å². The molecule has 1 atom stereocenters. The van der Waals surface area contributed by atoms with E-state index in [1.165, 1.54) is 0 Å². The fourth-order valence-corrected chi connectivity index (χ4v) is 8.67. The van der Waals surface area contributed by atoms with Crippen LogP contribution in [0.25, 0.3) is 0 Å². The minimum Gasteiger partial charge on any atom is -0.271 e. The summed E-state index contributed by atoms with van der Waals surface area (Å²) in [7, 11) is 13.3. The molecule has 0 saturated heterocycles. The SMILES string of the molecule is CNP(=N)(N=P(N(C)C)(N(C)C)N(C)C)N(C)C. The highest BCUT2D eigenvalue weighted by Gasteiger charge is 2.32. The summed E-state index contributed by atoms with van der Waals surface area (Å²) in [4.78, 5) is 0. The average molecular weight is 297 g/mol. The normalized spacial score (nSPS) is 16.7. The number of nitrogens with one attached hydrogen (secondary N) is 2. The summed E-state index contributed by atoms with van der Waals surface area (Å²) >= 11 is 0. The summed E-state index contributed by atoms with van der Waals surface area (Å²) < 4.78 is 13.2. The lowest BCUT2D eigenvalue weighted by molar-refractivity contribution is 0.474. The molecule has 0 saturated carbocycles. The third-order valence-corrected chi connectivity index (χ3v) is 9.75. The van der Waals surface area contributed by atoms with E-state index in [0.29, 0.717) is 0 Å². The monoisotopic (exact) mass is 297 g/mol. The molecule has 18 heavy (non-hydrogen) atoms. The van der Waals surface area contributed by atoms with Gasteiger partial charge in [-0.15, -0.1) is 0 Å². The minimum atomic E-state index is -2.42. The van der Waals surface area contributed by atoms with Gasteiger partial charge in [-0.05, 0) is 63.4 Å². The first-order valence-corrected chi connectivity index (χ1v) is 9.02. The standard InChI is InChI=1S/C9H29N7P2/c1-11-17(10,13(2)3)12-18(14(4)5,15(6)7)16(8)9/h1-9H3,(H2,10,11). The molecule has 0 fully saturated rings. The number of hydrogen-bond acceptors (Lipinski definition) is 1. The van der Waals surface area contributed by atoms with Gasteiger partial charge in [0.05, 0.1) is 0 Å². The highest BCUT2D eigenvalue weighted by molar-refractivity contribution is 7.70. The lowest BCUT2D eigenvalue weighted by Gasteiger charge is -2.43. The topological polar surface area (TPSA) is 61.2 Å². The van der Waals surface area contributed by atoms with Gasteiger partial charge in [0, 0.05) is 0 Å². The van der Waals surface area contributed by atoms with Crippen molar-refractivity contribution in [1.82, 2.24) is 23.8 Å². The zero-order valence-corrected chi connectivity index (χ0v) is 14.9. The van der Waals surface area contributed by atoms with Crippen LogP contribution in [-0.2, 0) is 0 Å². The van der Waals surface area contributed by atoms with Gasteiger partial charge in [-0.25, -0.2) is 4.67 Å². The van der Waals surface area contributed by atoms with Crippen LogP contribution >= 0.6 is 15.0 Å². The molecule has 0 bridgehead atoms. The quantitative estimate of drug-likeness (QED) is 0.734. The Morgan fingerprint density at radius 3 is 1.28 bits per heavy atom. The van der Waals surface area contributed by atoms with E-state index in [1.807, 2.05) is 61.1 Å². The van der Waals surface area contributed by atoms with Crippen LogP contribution in [0.3, 0.4) is 0 Å². The van der Waals surface area contributed by atoms with Crippen molar-refractivity contribution in [2.75, 3.05) is 63.4 Å². The van der Waals surface area contributed by atoms with Crippen molar-refractivity contribution in [3.05, 3.63) is 0 Å². The smallest absolute Gasteiger partial charge is 0.207 e. The van der Waals surface area contributed by atoms with Gasteiger partial charge in [0.15, 0.2) is 7.51 Å². The van der Waals surface area contributed by atoms with Crippen LogP contribution in [0, 0.1) is 5.16 Å². The van der Waals surface area contributed by atoms with E-state index in [1.54, 1.807) is 7.05 Å². The lowest BCUT2D eigenvalue weighted by atomic mass is 11.2. The molecule has 110 valence electrons. The first-order valence-electron chi connectivity index (χ1n) is 5.72. The number of nitrogens with zero attached hydrogens (tertiary/aromatic N) is 5. The van der Waals surface area contributed by atoms with Crippen molar-refractivity contribution < 1.29 is 0 Å². The molecule has 0 aliphatic heterocycles. The van der Waals surface area contributed by atoms with Crippen LogP contribution in [0.5, 0.6) is 0 Å². The van der Waals surface area contributed by atoms with Crippen molar-refractivity contribution in [3.8, 4) is 0 Å². The summed E-state index contributed by atoms with van der Waals surface area (Å²) in [5, 5.41) is 11.6. The van der Waals surface area contributed by atoms with Gasteiger partial charge in [0.25, 0.3) is 0 Å². The summed E-state index contributed by atoms with van der Waals surface area (Å²) in [5.74, 6) is 0. The molecule has 0 heterocycles. The van der Waals surface area contributed by atoms with Crippen molar-refractivity contribution >= 4 is 15.0 Å². The lowest BCUT2D eigenvalue weighted by Crippen LogP contribution is -2.31. The third-order valence-electron chi connectivity index (χ3n) is 2.75. The molecule has 0 aromatic rings. The van der Waals surface area contributed by atoms with Gasteiger partial charge < -0.3 is 0 Å². The second kappa shape index (κ2) is 6.62. The predicted molar refractivity (Wildman–Crippen MR) is 82.8 cm³/mol. The molecule has 2 N–H and O–H groups in total. The zero-order chi connectivity index (χ0) is 14.7. The Hall–Kier alpha value is 0.260. The number of hydrogen-bond donors (Lipinski definition) is 2. The van der Waals surface area contributed by atoms with Crippen molar-refractivity contribution in [1.29, 1.82) is 5.16 Å². The molecular weight excluding hydrogens is 268 g/mol. The van der Waals surface area contributed by atoms with E-state index < -0.39 is 15.0 Å². The van der Waals surface area contributed by atoms with Gasteiger partial charge in [-0.3, -0.25) is 24.3 Å². The van der Waals surface area contributed by atoms with Crippen molar-refractivity contribution in [3.63, 3.8) is 0 Å². The molecule has 0 aromatic carbocycles. The average Bonchev–Trinajstić information content (AvgIpc) is 2.23. The van der Waals surface area contributed by atoms with Crippen LogP contribution in [0.15, 0.2) is 4.52 Å². The third kappa shape index (κ3) is 3.42. The molecule has 0 radical (unpaired) electrons. The molecule has 7 nitrogen and oxygen atoms in total. The Kier molecular flexibility index (Phi) is 6.71. The Labute approximate surface area is 112 Å². The summed E-state index contributed by atoms with van der Waals surface area (Å²) in [6.07, 6.45) is 0. The van der Waals surface area contributed by atoms with E-state index in [-0.39, 0.29) is 0 Å². The van der Waals surface area contributed by atoms with E-state index >= 15 is 0 Å². The van der Waals surface area contributed by atoms with Gasteiger partial charge in [0.2, 0.25) is 7.51 Å². The molecular formula is C9H29N7P2. The van der Waals surface area contributed by atoms with E-state index in [9.17, 15) is 0 Å². The highest BCUT2D eigenvalue weighted by Crippen LogP contribution is 2.64. The molecule has 0 aromatic heterocycles. The Balaban J connectivity index is 6.10. The van der Waals surface area contributed by atoms with E-state index in [0.717, 1.165) is 0 Å². The molecule has 1 unspecified atom stereocenters. The van der Waals surface area contributed by atoms with Crippen LogP contribution in [0.1, 0.15) is 0 Å². The first-order chi connectivity index (χ1) is 8.04. The Bertz CT molecular complexity index is 333. The zero-order valence-electron chi connectivity index (χ0n) is 13.1. The molecule has 9 heteroatoms. The Morgan fingerprint density at radius 2 is 1.11 bits per heavy atom. The van der Waals surface area contributed by atoms with Gasteiger partial charge >= 0.3 is 0 Å². The maximum absolute atomic E-state index is 8.57. The maximum Gasteiger partial charge on any atom is 0.207 e. The fourth-order valence-electron chi connectivity index (χ4n) is 1.81. The van der Waals surface area contributed by atoms with Crippen LogP contribution in [0.4, 0.5) is 0 Å². The largest absolute Gasteiger partial charge is 0.271 e. The van der Waals surface area contributed by atoms with Gasteiger partial charge in [0.1, 0.15) is 0 Å². The second-order valence-electron chi connectivity index (χ2n) is 4.84. The minimum absolute atomic E-state index is 1.81. The molecule has 0 spiro atoms. The second-order valence-corrected chi connectivity index (χ2v) is 11.5. The van der Waals surface area contributed by atoms with E-state index in [2.05, 4.69) is 19.1 Å². The van der Waals surface area contributed by atoms with Gasteiger partial charge in [-0.2, -0.15) is 4.52 Å². The summed E-state index contributed by atoms with van der Waals surface area (Å²) in [6.45, 7) is 0. The predicted octanol–water partition coefficient (Wildman–Crippen LogP) is 1.92. The summed E-state index contributed by atoms with van der Waals surface area (Å²) in [5.41, 5.74) is 0. The van der Waals surface area contributed by atoms with Crippen LogP contribution in [0.2, 0.25) is 0 Å².